The topological polar surface area (TPSA) is 104 Å². The fraction of sp³-hybridized carbons (Fsp3) is 0.227. The van der Waals surface area contributed by atoms with Crippen molar-refractivity contribution < 1.29 is 9.53 Å². The van der Waals surface area contributed by atoms with Crippen LogP contribution in [-0.2, 0) is 0 Å². The molecule has 148 valence electrons. The van der Waals surface area contributed by atoms with Crippen molar-refractivity contribution in [3.05, 3.63) is 59.2 Å². The largest absolute Gasteiger partial charge is 0.495 e. The Labute approximate surface area is 169 Å². The fourth-order valence-corrected chi connectivity index (χ4v) is 3.36. The number of carbonyl (C=O) groups excluding carboxylic acids is 1. The summed E-state index contributed by atoms with van der Waals surface area (Å²) < 4.78 is 5.32. The van der Waals surface area contributed by atoms with Crippen molar-refractivity contribution in [1.29, 1.82) is 5.26 Å². The molecule has 7 nitrogen and oxygen atoms in total. The SMILES string of the molecule is COc1ccccc1N(CCNc1nc2c(C)cc(C)cc2cc1C#N)C(N)=O. The van der Waals surface area contributed by atoms with Gasteiger partial charge in [0.15, 0.2) is 0 Å². The first-order valence-electron chi connectivity index (χ1n) is 9.20. The summed E-state index contributed by atoms with van der Waals surface area (Å²) in [5, 5.41) is 13.6. The van der Waals surface area contributed by atoms with Crippen LogP contribution in [0.2, 0.25) is 0 Å². The summed E-state index contributed by atoms with van der Waals surface area (Å²) >= 11 is 0. The second-order valence-corrected chi connectivity index (χ2v) is 6.74. The number of primary amides is 1. The van der Waals surface area contributed by atoms with Gasteiger partial charge in [0.05, 0.1) is 23.9 Å². The summed E-state index contributed by atoms with van der Waals surface area (Å²) in [5.74, 6) is 1.04. The summed E-state index contributed by atoms with van der Waals surface area (Å²) in [6.45, 7) is 4.65. The van der Waals surface area contributed by atoms with E-state index in [1.807, 2.05) is 38.1 Å². The molecule has 0 atom stereocenters. The fourth-order valence-electron chi connectivity index (χ4n) is 3.36. The number of hydrogen-bond donors (Lipinski definition) is 2. The van der Waals surface area contributed by atoms with Crippen LogP contribution in [0.25, 0.3) is 10.9 Å². The standard InChI is InChI=1S/C22H23N5O2/c1-14-10-15(2)20-16(11-14)12-17(13-23)21(26-20)25-8-9-27(22(24)28)18-6-4-5-7-19(18)29-3/h4-7,10-12H,8-9H2,1-3H3,(H2,24,28)(H,25,26). The van der Waals surface area contributed by atoms with E-state index in [0.29, 0.717) is 29.4 Å². The van der Waals surface area contributed by atoms with Crippen LogP contribution in [0.3, 0.4) is 0 Å². The Morgan fingerprint density at radius 1 is 1.28 bits per heavy atom. The monoisotopic (exact) mass is 389 g/mol. The highest BCUT2D eigenvalue weighted by Gasteiger charge is 2.17. The molecule has 1 heterocycles. The average Bonchev–Trinajstić information content (AvgIpc) is 2.70. The molecular formula is C22H23N5O2. The van der Waals surface area contributed by atoms with Crippen LogP contribution < -0.4 is 20.7 Å². The molecule has 2 amide bonds. The minimum Gasteiger partial charge on any atom is -0.495 e. The first-order valence-corrected chi connectivity index (χ1v) is 9.20. The molecule has 1 aromatic heterocycles. The lowest BCUT2D eigenvalue weighted by Gasteiger charge is -2.23. The summed E-state index contributed by atoms with van der Waals surface area (Å²) in [6, 6.07) is 14.7. The van der Waals surface area contributed by atoms with Gasteiger partial charge in [-0.3, -0.25) is 4.90 Å². The number of amides is 2. The summed E-state index contributed by atoms with van der Waals surface area (Å²) in [6.07, 6.45) is 0. The molecule has 0 radical (unpaired) electrons. The van der Waals surface area contributed by atoms with E-state index in [0.717, 1.165) is 22.0 Å². The number of nitrogens with zero attached hydrogens (tertiary/aromatic N) is 3. The molecule has 3 rings (SSSR count). The first-order chi connectivity index (χ1) is 13.9. The predicted molar refractivity (Wildman–Crippen MR) is 114 cm³/mol. The minimum absolute atomic E-state index is 0.285. The molecule has 0 spiro atoms. The number of ether oxygens (including phenoxy) is 1. The number of urea groups is 1. The third-order valence-electron chi connectivity index (χ3n) is 4.64. The molecule has 0 fully saturated rings. The second-order valence-electron chi connectivity index (χ2n) is 6.74. The molecule has 3 N–H and O–H groups in total. The van der Waals surface area contributed by atoms with Gasteiger partial charge in [-0.25, -0.2) is 9.78 Å². The van der Waals surface area contributed by atoms with E-state index >= 15 is 0 Å². The molecule has 0 saturated heterocycles. The lowest BCUT2D eigenvalue weighted by Crippen LogP contribution is -2.39. The van der Waals surface area contributed by atoms with Crippen LogP contribution in [0.5, 0.6) is 5.75 Å². The van der Waals surface area contributed by atoms with Gasteiger partial charge < -0.3 is 15.8 Å². The summed E-state index contributed by atoms with van der Waals surface area (Å²) in [5.41, 5.74) is 9.61. The Balaban J connectivity index is 1.84. The van der Waals surface area contributed by atoms with Crippen molar-refractivity contribution in [3.63, 3.8) is 0 Å². The van der Waals surface area contributed by atoms with Crippen molar-refractivity contribution in [3.8, 4) is 11.8 Å². The lowest BCUT2D eigenvalue weighted by atomic mass is 10.1. The maximum atomic E-state index is 12.0. The molecule has 3 aromatic rings. The number of para-hydroxylation sites is 2. The number of hydrogen-bond acceptors (Lipinski definition) is 5. The van der Waals surface area contributed by atoms with Crippen molar-refractivity contribution in [2.75, 3.05) is 30.4 Å². The van der Waals surface area contributed by atoms with Gasteiger partial charge in [-0.05, 0) is 43.7 Å². The van der Waals surface area contributed by atoms with Crippen LogP contribution in [0, 0.1) is 25.2 Å². The number of aryl methyl sites for hydroxylation is 2. The Bertz CT molecular complexity index is 1100. The number of nitrogens with two attached hydrogens (primary N) is 1. The number of nitrogens with one attached hydrogen (secondary N) is 1. The summed E-state index contributed by atoms with van der Waals surface area (Å²) in [4.78, 5) is 18.0. The van der Waals surface area contributed by atoms with Gasteiger partial charge in [0, 0.05) is 18.5 Å². The zero-order valence-corrected chi connectivity index (χ0v) is 16.7. The maximum Gasteiger partial charge on any atom is 0.319 e. The van der Waals surface area contributed by atoms with Crippen molar-refractivity contribution in [1.82, 2.24) is 4.98 Å². The molecule has 7 heteroatoms. The number of rotatable bonds is 6. The third kappa shape index (κ3) is 4.22. The van der Waals surface area contributed by atoms with Gasteiger partial charge in [0.1, 0.15) is 17.6 Å². The number of nitriles is 1. The number of methoxy groups -OCH3 is 1. The summed E-state index contributed by atoms with van der Waals surface area (Å²) in [7, 11) is 1.54. The maximum absolute atomic E-state index is 12.0. The number of carbonyl (C=O) groups is 1. The Hall–Kier alpha value is -3.79. The van der Waals surface area contributed by atoms with Gasteiger partial charge in [0.2, 0.25) is 0 Å². The van der Waals surface area contributed by atoms with Crippen molar-refractivity contribution >= 4 is 28.4 Å². The first kappa shape index (κ1) is 20.0. The molecule has 0 aliphatic carbocycles. The van der Waals surface area contributed by atoms with Crippen LogP contribution in [-0.4, -0.2) is 31.2 Å². The normalized spacial score (nSPS) is 10.4. The highest BCUT2D eigenvalue weighted by molar-refractivity contribution is 5.92. The van der Waals surface area contributed by atoms with E-state index in [9.17, 15) is 10.1 Å². The zero-order valence-electron chi connectivity index (χ0n) is 16.7. The highest BCUT2D eigenvalue weighted by Crippen LogP contribution is 2.28. The smallest absolute Gasteiger partial charge is 0.319 e. The highest BCUT2D eigenvalue weighted by atomic mass is 16.5. The van der Waals surface area contributed by atoms with E-state index in [-0.39, 0.29) is 6.54 Å². The van der Waals surface area contributed by atoms with Gasteiger partial charge in [-0.15, -0.1) is 0 Å². The number of fused-ring (bicyclic) bond motifs is 1. The van der Waals surface area contributed by atoms with E-state index in [1.165, 1.54) is 4.90 Å². The van der Waals surface area contributed by atoms with E-state index < -0.39 is 6.03 Å². The van der Waals surface area contributed by atoms with Gasteiger partial charge in [-0.1, -0.05) is 23.8 Å². The molecule has 0 bridgehead atoms. The quantitative estimate of drug-likeness (QED) is 0.668. The minimum atomic E-state index is -0.588. The molecule has 0 unspecified atom stereocenters. The Morgan fingerprint density at radius 2 is 2.03 bits per heavy atom. The Kier molecular flexibility index (Phi) is 5.84. The number of pyridine rings is 1. The molecule has 0 aliphatic heterocycles. The van der Waals surface area contributed by atoms with Gasteiger partial charge in [0.25, 0.3) is 0 Å². The van der Waals surface area contributed by atoms with Crippen LogP contribution in [0.4, 0.5) is 16.3 Å². The second kappa shape index (κ2) is 8.48. The Morgan fingerprint density at radius 3 is 2.72 bits per heavy atom. The van der Waals surface area contributed by atoms with E-state index in [2.05, 4.69) is 22.4 Å². The molecule has 29 heavy (non-hydrogen) atoms. The molecule has 2 aromatic carbocycles. The lowest BCUT2D eigenvalue weighted by molar-refractivity contribution is 0.254. The predicted octanol–water partition coefficient (Wildman–Crippen LogP) is 3.73. The van der Waals surface area contributed by atoms with Crippen LogP contribution in [0.1, 0.15) is 16.7 Å². The molecule has 0 aliphatic rings. The number of aromatic nitrogens is 1. The van der Waals surface area contributed by atoms with E-state index in [1.54, 1.807) is 19.2 Å². The molecular weight excluding hydrogens is 366 g/mol. The number of anilines is 2. The van der Waals surface area contributed by atoms with Crippen LogP contribution >= 0.6 is 0 Å². The van der Waals surface area contributed by atoms with Gasteiger partial charge in [-0.2, -0.15) is 5.26 Å². The molecule has 0 saturated carbocycles. The van der Waals surface area contributed by atoms with Crippen LogP contribution in [0.15, 0.2) is 42.5 Å². The number of benzene rings is 2. The average molecular weight is 389 g/mol. The van der Waals surface area contributed by atoms with Crippen molar-refractivity contribution in [2.24, 2.45) is 5.73 Å². The third-order valence-corrected chi connectivity index (χ3v) is 4.64. The van der Waals surface area contributed by atoms with E-state index in [4.69, 9.17) is 10.5 Å². The van der Waals surface area contributed by atoms with Crippen molar-refractivity contribution in [2.45, 2.75) is 13.8 Å². The van der Waals surface area contributed by atoms with Gasteiger partial charge >= 0.3 is 6.03 Å². The zero-order chi connectivity index (χ0) is 21.0.